The van der Waals surface area contributed by atoms with Crippen molar-refractivity contribution in [1.29, 1.82) is 0 Å². The highest BCUT2D eigenvalue weighted by Gasteiger charge is 2.13. The number of Topliss-reactive ketones (excluding diaryl/α,β-unsaturated/α-hetero) is 1. The van der Waals surface area contributed by atoms with Gasteiger partial charge in [-0.1, -0.05) is 17.7 Å². The summed E-state index contributed by atoms with van der Waals surface area (Å²) in [5.41, 5.74) is 2.70. The fraction of sp³-hybridized carbons (Fsp3) is 0.364. The van der Waals surface area contributed by atoms with Crippen molar-refractivity contribution in [3.8, 4) is 0 Å². The molecule has 1 aromatic rings. The number of hydrogen-bond donors (Lipinski definition) is 1. The van der Waals surface area contributed by atoms with E-state index < -0.39 is 0 Å². The molecule has 0 bridgehead atoms. The van der Waals surface area contributed by atoms with Crippen LogP contribution in [0.15, 0.2) is 12.1 Å². The quantitative estimate of drug-likeness (QED) is 0.778. The Kier molecular flexibility index (Phi) is 3.67. The van der Waals surface area contributed by atoms with E-state index in [0.717, 1.165) is 11.1 Å². The summed E-state index contributed by atoms with van der Waals surface area (Å²) in [7, 11) is 1.75. The van der Waals surface area contributed by atoms with E-state index in [-0.39, 0.29) is 5.78 Å². The smallest absolute Gasteiger partial charge is 0.178 e. The zero-order valence-corrected chi connectivity index (χ0v) is 9.40. The van der Waals surface area contributed by atoms with E-state index in [2.05, 4.69) is 5.32 Å². The van der Waals surface area contributed by atoms with Crippen molar-refractivity contribution in [2.24, 2.45) is 0 Å². The third-order valence-electron chi connectivity index (χ3n) is 2.30. The van der Waals surface area contributed by atoms with Crippen LogP contribution in [-0.4, -0.2) is 19.4 Å². The molecule has 1 aromatic carbocycles. The number of halogens is 1. The van der Waals surface area contributed by atoms with E-state index in [1.165, 1.54) is 0 Å². The molecule has 1 N–H and O–H groups in total. The SMILES string of the molecule is CNCC(=O)c1c(Cl)ccc(C)c1C. The minimum atomic E-state index is 0.0405. The van der Waals surface area contributed by atoms with Gasteiger partial charge >= 0.3 is 0 Å². The molecule has 0 heterocycles. The summed E-state index contributed by atoms with van der Waals surface area (Å²) >= 11 is 5.98. The molecule has 0 unspecified atom stereocenters. The van der Waals surface area contributed by atoms with E-state index in [1.807, 2.05) is 19.9 Å². The van der Waals surface area contributed by atoms with Crippen molar-refractivity contribution in [3.63, 3.8) is 0 Å². The van der Waals surface area contributed by atoms with Crippen LogP contribution < -0.4 is 5.32 Å². The average Bonchev–Trinajstić information content (AvgIpc) is 2.13. The second-order valence-corrected chi connectivity index (χ2v) is 3.72. The lowest BCUT2D eigenvalue weighted by Gasteiger charge is -2.09. The van der Waals surface area contributed by atoms with E-state index in [1.54, 1.807) is 13.1 Å². The molecule has 0 aliphatic heterocycles. The normalized spacial score (nSPS) is 10.3. The molecule has 0 atom stereocenters. The molecule has 3 heteroatoms. The lowest BCUT2D eigenvalue weighted by molar-refractivity contribution is 0.0993. The van der Waals surface area contributed by atoms with E-state index in [9.17, 15) is 4.79 Å². The van der Waals surface area contributed by atoms with Gasteiger partial charge < -0.3 is 5.32 Å². The van der Waals surface area contributed by atoms with Gasteiger partial charge in [0.2, 0.25) is 0 Å². The summed E-state index contributed by atoms with van der Waals surface area (Å²) in [6.07, 6.45) is 0. The van der Waals surface area contributed by atoms with Crippen molar-refractivity contribution in [3.05, 3.63) is 33.8 Å². The zero-order valence-electron chi connectivity index (χ0n) is 8.65. The Hall–Kier alpha value is -0.860. The van der Waals surface area contributed by atoms with Crippen molar-refractivity contribution in [1.82, 2.24) is 5.32 Å². The van der Waals surface area contributed by atoms with Crippen molar-refractivity contribution < 1.29 is 4.79 Å². The minimum absolute atomic E-state index is 0.0405. The molecule has 2 nitrogen and oxygen atoms in total. The summed E-state index contributed by atoms with van der Waals surface area (Å²) in [6.45, 7) is 4.22. The molecule has 0 saturated heterocycles. The van der Waals surface area contributed by atoms with Crippen LogP contribution in [0.2, 0.25) is 5.02 Å². The zero-order chi connectivity index (χ0) is 10.7. The topological polar surface area (TPSA) is 29.1 Å². The van der Waals surface area contributed by atoms with Gasteiger partial charge in [-0.05, 0) is 38.1 Å². The second-order valence-electron chi connectivity index (χ2n) is 3.32. The van der Waals surface area contributed by atoms with Gasteiger partial charge in [-0.25, -0.2) is 0 Å². The maximum atomic E-state index is 11.7. The monoisotopic (exact) mass is 211 g/mol. The number of nitrogens with one attached hydrogen (secondary N) is 1. The Balaban J connectivity index is 3.18. The van der Waals surface area contributed by atoms with Crippen molar-refractivity contribution >= 4 is 17.4 Å². The number of hydrogen-bond acceptors (Lipinski definition) is 2. The number of likely N-dealkylation sites (N-methyl/N-ethyl adjacent to an activating group) is 1. The highest BCUT2D eigenvalue weighted by molar-refractivity contribution is 6.34. The maximum absolute atomic E-state index is 11.7. The first kappa shape index (κ1) is 11.2. The Bertz CT molecular complexity index is 361. The molecule has 0 amide bonds. The van der Waals surface area contributed by atoms with Crippen LogP contribution in [0.3, 0.4) is 0 Å². The van der Waals surface area contributed by atoms with Crippen molar-refractivity contribution in [2.45, 2.75) is 13.8 Å². The third kappa shape index (κ3) is 2.14. The van der Waals surface area contributed by atoms with Gasteiger partial charge in [-0.3, -0.25) is 4.79 Å². The minimum Gasteiger partial charge on any atom is -0.313 e. The fourth-order valence-electron chi connectivity index (χ4n) is 1.37. The highest BCUT2D eigenvalue weighted by atomic mass is 35.5. The van der Waals surface area contributed by atoms with Gasteiger partial charge in [0.25, 0.3) is 0 Å². The first-order valence-corrected chi connectivity index (χ1v) is 4.89. The van der Waals surface area contributed by atoms with Gasteiger partial charge in [0, 0.05) is 5.56 Å². The molecule has 0 fully saturated rings. The molecule has 0 aliphatic rings. The first-order valence-electron chi connectivity index (χ1n) is 4.51. The predicted octanol–water partition coefficient (Wildman–Crippen LogP) is 2.36. The standard InChI is InChI=1S/C11H14ClNO/c1-7-4-5-9(12)11(8(7)2)10(14)6-13-3/h4-5,13H,6H2,1-3H3. The van der Waals surface area contributed by atoms with Gasteiger partial charge in [-0.15, -0.1) is 0 Å². The maximum Gasteiger partial charge on any atom is 0.178 e. The van der Waals surface area contributed by atoms with Crippen LogP contribution in [0.25, 0.3) is 0 Å². The Morgan fingerprint density at radius 3 is 2.64 bits per heavy atom. The molecule has 76 valence electrons. The molecule has 14 heavy (non-hydrogen) atoms. The Morgan fingerprint density at radius 1 is 1.43 bits per heavy atom. The summed E-state index contributed by atoms with van der Waals surface area (Å²) in [5.74, 6) is 0.0405. The van der Waals surface area contributed by atoms with Gasteiger partial charge in [0.15, 0.2) is 5.78 Å². The Morgan fingerprint density at radius 2 is 2.07 bits per heavy atom. The highest BCUT2D eigenvalue weighted by Crippen LogP contribution is 2.22. The lowest BCUT2D eigenvalue weighted by atomic mass is 10.00. The Labute approximate surface area is 89.3 Å². The molecule has 1 rings (SSSR count). The lowest BCUT2D eigenvalue weighted by Crippen LogP contribution is -2.20. The van der Waals surface area contributed by atoms with Crippen LogP contribution in [0.4, 0.5) is 0 Å². The van der Waals surface area contributed by atoms with E-state index in [4.69, 9.17) is 11.6 Å². The summed E-state index contributed by atoms with van der Waals surface area (Å²) in [6, 6.07) is 3.70. The molecular weight excluding hydrogens is 198 g/mol. The van der Waals surface area contributed by atoms with Crippen LogP contribution in [0.1, 0.15) is 21.5 Å². The van der Waals surface area contributed by atoms with Gasteiger partial charge in [0.1, 0.15) is 0 Å². The fourth-order valence-corrected chi connectivity index (χ4v) is 1.68. The number of carbonyl (C=O) groups is 1. The summed E-state index contributed by atoms with van der Waals surface area (Å²) in [5, 5.41) is 3.37. The van der Waals surface area contributed by atoms with E-state index in [0.29, 0.717) is 17.1 Å². The number of benzene rings is 1. The summed E-state index contributed by atoms with van der Waals surface area (Å²) < 4.78 is 0. The molecular formula is C11H14ClNO. The second kappa shape index (κ2) is 4.58. The molecule has 0 radical (unpaired) electrons. The number of aryl methyl sites for hydroxylation is 1. The third-order valence-corrected chi connectivity index (χ3v) is 2.62. The predicted molar refractivity (Wildman–Crippen MR) is 59.2 cm³/mol. The number of ketones is 1. The van der Waals surface area contributed by atoms with Gasteiger partial charge in [-0.2, -0.15) is 0 Å². The summed E-state index contributed by atoms with van der Waals surface area (Å²) in [4.78, 5) is 11.7. The van der Waals surface area contributed by atoms with Crippen LogP contribution in [0, 0.1) is 13.8 Å². The van der Waals surface area contributed by atoms with Crippen LogP contribution >= 0.6 is 11.6 Å². The molecule has 0 spiro atoms. The first-order chi connectivity index (χ1) is 6.57. The van der Waals surface area contributed by atoms with E-state index >= 15 is 0 Å². The molecule has 0 aromatic heterocycles. The molecule has 0 saturated carbocycles. The number of rotatable bonds is 3. The average molecular weight is 212 g/mol. The largest absolute Gasteiger partial charge is 0.313 e. The number of carbonyl (C=O) groups excluding carboxylic acids is 1. The van der Waals surface area contributed by atoms with Crippen LogP contribution in [-0.2, 0) is 0 Å². The van der Waals surface area contributed by atoms with Crippen molar-refractivity contribution in [2.75, 3.05) is 13.6 Å². The molecule has 0 aliphatic carbocycles. The van der Waals surface area contributed by atoms with Crippen LogP contribution in [0.5, 0.6) is 0 Å². The van der Waals surface area contributed by atoms with Gasteiger partial charge in [0.05, 0.1) is 11.6 Å².